The van der Waals surface area contributed by atoms with Crippen molar-refractivity contribution in [3.05, 3.63) is 156 Å². The van der Waals surface area contributed by atoms with E-state index in [9.17, 15) is 18.1 Å². The minimum absolute atomic E-state index is 0.00516. The van der Waals surface area contributed by atoms with Crippen LogP contribution in [0.25, 0.3) is 0 Å². The zero-order valence-electron chi connectivity index (χ0n) is 27.1. The Bertz CT molecular complexity index is 1840. The zero-order chi connectivity index (χ0) is 34.5. The second-order valence-electron chi connectivity index (χ2n) is 11.4. The first-order valence-electron chi connectivity index (χ1n) is 15.8. The number of benzene rings is 5. The van der Waals surface area contributed by atoms with Crippen molar-refractivity contribution in [2.24, 2.45) is 0 Å². The smallest absolute Gasteiger partial charge is 0.238 e. The van der Waals surface area contributed by atoms with Gasteiger partial charge in [0.15, 0.2) is 0 Å². The number of aliphatic hydroxyl groups is 1. The van der Waals surface area contributed by atoms with Crippen molar-refractivity contribution in [1.29, 1.82) is 0 Å². The summed E-state index contributed by atoms with van der Waals surface area (Å²) in [5.41, 5.74) is 3.82. The van der Waals surface area contributed by atoms with E-state index in [0.717, 1.165) is 28.5 Å². The van der Waals surface area contributed by atoms with Gasteiger partial charge in [0.2, 0.25) is 23.8 Å². The van der Waals surface area contributed by atoms with Gasteiger partial charge in [-0.15, -0.1) is 0 Å². The van der Waals surface area contributed by atoms with Crippen LogP contribution in [0.4, 0.5) is 5.69 Å². The van der Waals surface area contributed by atoms with Crippen LogP contribution in [-0.4, -0.2) is 45.6 Å². The van der Waals surface area contributed by atoms with Gasteiger partial charge < -0.3 is 24.6 Å². The van der Waals surface area contributed by atoms with Gasteiger partial charge in [-0.2, -0.15) is 0 Å². The molecule has 9 nitrogen and oxygen atoms in total. The van der Waals surface area contributed by atoms with Gasteiger partial charge in [-0.25, -0.2) is 8.42 Å². The van der Waals surface area contributed by atoms with E-state index in [1.807, 2.05) is 115 Å². The summed E-state index contributed by atoms with van der Waals surface area (Å²) in [6, 6.07) is 41.1. The molecule has 0 radical (unpaired) electrons. The first-order valence-corrected chi connectivity index (χ1v) is 18.5. The maximum absolute atomic E-state index is 12.7. The van der Waals surface area contributed by atoms with Gasteiger partial charge in [0.1, 0.15) is 36.6 Å². The van der Waals surface area contributed by atoms with Crippen molar-refractivity contribution in [3.63, 3.8) is 0 Å². The molecule has 1 atom stereocenters. The molecular weight excluding hydrogens is 659 g/mol. The van der Waals surface area contributed by atoms with Crippen molar-refractivity contribution in [2.45, 2.75) is 24.5 Å². The van der Waals surface area contributed by atoms with E-state index in [2.05, 4.69) is 10.0 Å². The Morgan fingerprint density at radius 3 is 1.94 bits per heavy atom. The van der Waals surface area contributed by atoms with E-state index in [1.165, 1.54) is 6.07 Å². The lowest BCUT2D eigenvalue weighted by Gasteiger charge is -2.29. The molecule has 0 aliphatic rings. The van der Waals surface area contributed by atoms with Gasteiger partial charge in [0.05, 0.1) is 11.9 Å². The minimum Gasteiger partial charge on any atom is -0.491 e. The molecule has 5 rings (SSSR count). The first kappa shape index (κ1) is 35.6. The molecule has 0 aliphatic carbocycles. The summed E-state index contributed by atoms with van der Waals surface area (Å²) in [6.07, 6.45) is 0.976. The summed E-state index contributed by atoms with van der Waals surface area (Å²) in [6.45, 7) is 1.19. The highest BCUT2D eigenvalue weighted by molar-refractivity contribution is 7.92. The molecule has 11 heteroatoms. The quantitative estimate of drug-likeness (QED) is 0.0677. The molecule has 49 heavy (non-hydrogen) atoms. The van der Waals surface area contributed by atoms with E-state index < -0.39 is 21.5 Å². The Hall–Kier alpha value is -4.73. The predicted octanol–water partition coefficient (Wildman–Crippen LogP) is 6.78. The van der Waals surface area contributed by atoms with Crippen molar-refractivity contribution < 1.29 is 32.3 Å². The second-order valence-corrected chi connectivity index (χ2v) is 14.0. The molecular formula is C38H39N2O7PS. The van der Waals surface area contributed by atoms with Crippen molar-refractivity contribution >= 4 is 24.2 Å². The molecule has 0 saturated carbocycles. The molecule has 254 valence electrons. The Balaban J connectivity index is 1.11. The third-order valence-electron chi connectivity index (χ3n) is 7.54. The van der Waals surface area contributed by atoms with Gasteiger partial charge in [0, 0.05) is 23.7 Å². The van der Waals surface area contributed by atoms with Crippen molar-refractivity contribution in [3.8, 4) is 17.2 Å². The summed E-state index contributed by atoms with van der Waals surface area (Å²) >= 11 is 0. The molecule has 5 aromatic carbocycles. The predicted molar refractivity (Wildman–Crippen MR) is 192 cm³/mol. The summed E-state index contributed by atoms with van der Waals surface area (Å²) in [7, 11) is -3.76. The molecule has 0 bridgehead atoms. The maximum atomic E-state index is 12.7. The number of aliphatic hydroxyl groups excluding tert-OH is 1. The molecule has 0 heterocycles. The van der Waals surface area contributed by atoms with Crippen LogP contribution in [0, 0.1) is 0 Å². The zero-order valence-corrected chi connectivity index (χ0v) is 28.8. The fraction of sp³-hybridized carbons (Fsp3) is 0.211. The number of anilines is 1. The summed E-state index contributed by atoms with van der Waals surface area (Å²) in [4.78, 5) is 0. The molecule has 0 amide bonds. The van der Waals surface area contributed by atoms with Gasteiger partial charge in [-0.3, -0.25) is 9.29 Å². The van der Waals surface area contributed by atoms with Crippen LogP contribution in [0.5, 0.6) is 17.2 Å². The van der Waals surface area contributed by atoms with Crippen molar-refractivity contribution in [2.75, 3.05) is 30.7 Å². The first-order chi connectivity index (χ1) is 23.7. The molecule has 5 aromatic rings. The lowest BCUT2D eigenvalue weighted by Crippen LogP contribution is -2.32. The number of ether oxygens (including phenoxy) is 3. The van der Waals surface area contributed by atoms with Crippen LogP contribution < -0.4 is 24.2 Å². The Kier molecular flexibility index (Phi) is 12.4. The topological polar surface area (TPSA) is 123 Å². The summed E-state index contributed by atoms with van der Waals surface area (Å²) in [5, 5.41) is 12.6. The summed E-state index contributed by atoms with van der Waals surface area (Å²) < 4.78 is 57.2. The molecule has 0 aliphatic heterocycles. The molecule has 3 N–H and O–H groups in total. The third-order valence-corrected chi connectivity index (χ3v) is 9.00. The van der Waals surface area contributed by atoms with Crippen LogP contribution in [0.15, 0.2) is 133 Å². The Morgan fingerprint density at radius 2 is 1.35 bits per heavy atom. The molecule has 0 aromatic heterocycles. The average molecular weight is 699 g/mol. The van der Waals surface area contributed by atoms with Crippen LogP contribution in [0.2, 0.25) is 0 Å². The summed E-state index contributed by atoms with van der Waals surface area (Å²) in [5.74, 6) is 1.34. The minimum atomic E-state index is -3.57. The van der Waals surface area contributed by atoms with E-state index in [4.69, 9.17) is 14.2 Å². The second kappa shape index (κ2) is 17.1. The van der Waals surface area contributed by atoms with Crippen molar-refractivity contribution in [1.82, 2.24) is 5.32 Å². The Morgan fingerprint density at radius 1 is 0.755 bits per heavy atom. The highest BCUT2D eigenvalue weighted by Crippen LogP contribution is 2.43. The largest absolute Gasteiger partial charge is 0.491 e. The molecule has 0 fully saturated rings. The fourth-order valence-corrected chi connectivity index (χ4v) is 6.33. The van der Waals surface area contributed by atoms with Gasteiger partial charge in [-0.05, 0) is 48.4 Å². The normalized spacial score (nSPS) is 12.3. The fourth-order valence-electron chi connectivity index (χ4n) is 5.12. The van der Waals surface area contributed by atoms with Gasteiger partial charge in [-0.1, -0.05) is 103 Å². The molecule has 0 spiro atoms. The maximum Gasteiger partial charge on any atom is 0.238 e. The van der Waals surface area contributed by atoms with Gasteiger partial charge in [0.25, 0.3) is 0 Å². The Labute approximate surface area is 289 Å². The highest BCUT2D eigenvalue weighted by Gasteiger charge is 2.38. The van der Waals surface area contributed by atoms with E-state index >= 15 is 0 Å². The van der Waals surface area contributed by atoms with E-state index in [0.29, 0.717) is 36.8 Å². The van der Waals surface area contributed by atoms with Crippen LogP contribution >= 0.6 is 8.46 Å². The highest BCUT2D eigenvalue weighted by atomic mass is 32.2. The van der Waals surface area contributed by atoms with Crippen LogP contribution in [0.1, 0.15) is 22.3 Å². The number of hydrogen-bond acceptors (Lipinski definition) is 8. The van der Waals surface area contributed by atoms with E-state index in [1.54, 1.807) is 12.1 Å². The SMILES string of the molecule is CS(=O)(=O)Nc1cc(OC[C@@H](O)CNCCc2ccc(OC(P=O)(c3ccccc3)c3ccccc3)cc2)ccc1OCc1ccccc1. The van der Waals surface area contributed by atoms with Crippen LogP contribution in [0.3, 0.4) is 0 Å². The number of sulfonamides is 1. The number of hydrogen-bond donors (Lipinski definition) is 3. The third kappa shape index (κ3) is 10.4. The molecule has 0 unspecified atom stereocenters. The van der Waals surface area contributed by atoms with E-state index in [-0.39, 0.29) is 27.4 Å². The van der Waals surface area contributed by atoms with Crippen LogP contribution in [-0.2, 0) is 33.0 Å². The number of rotatable bonds is 18. The molecule has 0 saturated heterocycles. The lowest BCUT2D eigenvalue weighted by molar-refractivity contribution is 0.106. The van der Waals surface area contributed by atoms with Gasteiger partial charge >= 0.3 is 0 Å². The standard InChI is InChI=1S/C38H39N2O7PS/c1-49(43,44)40-36-25-35(21-22-37(36)46-27-30-11-5-2-6-12-30)45-28-33(41)26-39-24-23-29-17-19-34(20-18-29)47-38(48-42,31-13-7-3-8-14-31)32-15-9-4-10-16-32/h2-22,25,33,39-41H,23-24,26-28H2,1H3/t33-/m0/s1. The monoisotopic (exact) mass is 698 g/mol. The lowest BCUT2D eigenvalue weighted by atomic mass is 10.0. The number of nitrogens with one attached hydrogen (secondary N) is 2. The average Bonchev–Trinajstić information content (AvgIpc) is 3.12.